The van der Waals surface area contributed by atoms with E-state index in [0.717, 1.165) is 0 Å². The summed E-state index contributed by atoms with van der Waals surface area (Å²) >= 11 is 0. The fourth-order valence-electron chi connectivity index (χ4n) is 3.41. The van der Waals surface area contributed by atoms with Crippen molar-refractivity contribution in [2.24, 2.45) is 0 Å². The van der Waals surface area contributed by atoms with Gasteiger partial charge in [-0.05, 0) is 49.9 Å². The van der Waals surface area contributed by atoms with Gasteiger partial charge in [0.15, 0.2) is 0 Å². The van der Waals surface area contributed by atoms with E-state index in [2.05, 4.69) is 36.1 Å². The minimum Gasteiger partial charge on any atom is -0.299 e. The zero-order valence-electron chi connectivity index (χ0n) is 13.9. The second-order valence-electron chi connectivity index (χ2n) is 6.62. The van der Waals surface area contributed by atoms with Crippen LogP contribution in [0.2, 0.25) is 0 Å². The molecular weight excluding hydrogens is 254 g/mol. The third-order valence-corrected chi connectivity index (χ3v) is 4.76. The highest BCUT2D eigenvalue weighted by Crippen LogP contribution is 2.18. The summed E-state index contributed by atoms with van der Waals surface area (Å²) in [6.45, 7) is 6.06. The topological polar surface area (TPSA) is 3.24 Å². The van der Waals surface area contributed by atoms with Crippen LogP contribution in [0.3, 0.4) is 0 Å². The molecule has 118 valence electrons. The number of aryl methyl sites for hydroxylation is 1. The molecule has 0 radical (unpaired) electrons. The van der Waals surface area contributed by atoms with Crippen molar-refractivity contribution in [1.82, 2.24) is 4.90 Å². The Labute approximate surface area is 131 Å². The first kappa shape index (κ1) is 16.5. The first-order chi connectivity index (χ1) is 10.4. The number of likely N-dealkylation sites (tertiary alicyclic amines) is 1. The minimum absolute atomic E-state index is 1.17. The smallest absolute Gasteiger partial charge is 0.0236 e. The van der Waals surface area contributed by atoms with Gasteiger partial charge in [-0.1, -0.05) is 69.7 Å². The zero-order chi connectivity index (χ0) is 14.8. The molecule has 1 fully saturated rings. The normalized spacial score (nSPS) is 16.2. The molecule has 0 spiro atoms. The molecule has 1 heterocycles. The van der Waals surface area contributed by atoms with Crippen LogP contribution in [0, 0.1) is 0 Å². The summed E-state index contributed by atoms with van der Waals surface area (Å²) in [5.41, 5.74) is 3.17. The predicted octanol–water partition coefficient (Wildman–Crippen LogP) is 5.58. The molecule has 0 bridgehead atoms. The standard InChI is InChI=1S/C20H33N/c1-2-3-4-5-6-8-13-19-14-9-10-15-20(19)18-21-16-11-7-12-17-21/h9-10,14-15H,2-8,11-13,16-18H2,1H3. The van der Waals surface area contributed by atoms with Crippen LogP contribution in [0.4, 0.5) is 0 Å². The van der Waals surface area contributed by atoms with Crippen molar-refractivity contribution in [2.45, 2.75) is 77.7 Å². The average Bonchev–Trinajstić information content (AvgIpc) is 2.53. The first-order valence-electron chi connectivity index (χ1n) is 9.19. The number of piperidine rings is 1. The largest absolute Gasteiger partial charge is 0.299 e. The Kier molecular flexibility index (Phi) is 7.88. The van der Waals surface area contributed by atoms with Crippen LogP contribution in [0.1, 0.15) is 75.8 Å². The van der Waals surface area contributed by atoms with Crippen LogP contribution < -0.4 is 0 Å². The molecule has 1 aliphatic heterocycles. The van der Waals surface area contributed by atoms with E-state index in [-0.39, 0.29) is 0 Å². The molecule has 0 aliphatic carbocycles. The Hall–Kier alpha value is -0.820. The lowest BCUT2D eigenvalue weighted by atomic mass is 9.99. The van der Waals surface area contributed by atoms with Crippen LogP contribution >= 0.6 is 0 Å². The van der Waals surface area contributed by atoms with Gasteiger partial charge >= 0.3 is 0 Å². The summed E-state index contributed by atoms with van der Waals surface area (Å²) in [6.07, 6.45) is 13.8. The fourth-order valence-corrected chi connectivity index (χ4v) is 3.41. The van der Waals surface area contributed by atoms with Gasteiger partial charge < -0.3 is 0 Å². The molecule has 0 N–H and O–H groups in total. The molecule has 1 heteroatoms. The van der Waals surface area contributed by atoms with E-state index in [4.69, 9.17) is 0 Å². The molecule has 2 rings (SSSR count). The molecule has 0 amide bonds. The molecule has 1 aromatic rings. The molecule has 0 saturated carbocycles. The second-order valence-corrected chi connectivity index (χ2v) is 6.62. The van der Waals surface area contributed by atoms with Crippen LogP contribution in [-0.4, -0.2) is 18.0 Å². The van der Waals surface area contributed by atoms with Crippen molar-refractivity contribution < 1.29 is 0 Å². The quantitative estimate of drug-likeness (QED) is 0.536. The molecule has 1 aromatic carbocycles. The average molecular weight is 287 g/mol. The monoisotopic (exact) mass is 287 g/mol. The SMILES string of the molecule is CCCCCCCCc1ccccc1CN1CCCCC1. The molecule has 1 saturated heterocycles. The van der Waals surface area contributed by atoms with E-state index < -0.39 is 0 Å². The van der Waals surface area contributed by atoms with Gasteiger partial charge in [0, 0.05) is 6.54 Å². The van der Waals surface area contributed by atoms with Gasteiger partial charge in [0.05, 0.1) is 0 Å². The van der Waals surface area contributed by atoms with Crippen molar-refractivity contribution in [3.8, 4) is 0 Å². The van der Waals surface area contributed by atoms with Crippen LogP contribution in [0.15, 0.2) is 24.3 Å². The molecular formula is C20H33N. The van der Waals surface area contributed by atoms with E-state index in [1.807, 2.05) is 0 Å². The molecule has 0 unspecified atom stereocenters. The van der Waals surface area contributed by atoms with E-state index in [0.29, 0.717) is 0 Å². The Balaban J connectivity index is 1.76. The predicted molar refractivity (Wildman–Crippen MR) is 92.7 cm³/mol. The Morgan fingerprint density at radius 2 is 1.48 bits per heavy atom. The maximum absolute atomic E-state index is 2.64. The van der Waals surface area contributed by atoms with Crippen molar-refractivity contribution >= 4 is 0 Å². The fraction of sp³-hybridized carbons (Fsp3) is 0.700. The lowest BCUT2D eigenvalue weighted by Crippen LogP contribution is -2.29. The van der Waals surface area contributed by atoms with E-state index in [1.165, 1.54) is 83.8 Å². The number of nitrogens with zero attached hydrogens (tertiary/aromatic N) is 1. The highest BCUT2D eigenvalue weighted by Gasteiger charge is 2.12. The summed E-state index contributed by atoms with van der Waals surface area (Å²) in [5.74, 6) is 0. The van der Waals surface area contributed by atoms with E-state index in [1.54, 1.807) is 11.1 Å². The van der Waals surface area contributed by atoms with Gasteiger partial charge in [0.25, 0.3) is 0 Å². The summed E-state index contributed by atoms with van der Waals surface area (Å²) in [7, 11) is 0. The number of unbranched alkanes of at least 4 members (excludes halogenated alkanes) is 5. The van der Waals surface area contributed by atoms with Crippen LogP contribution in [-0.2, 0) is 13.0 Å². The van der Waals surface area contributed by atoms with Crippen molar-refractivity contribution in [2.75, 3.05) is 13.1 Å². The van der Waals surface area contributed by atoms with Crippen molar-refractivity contribution in [3.63, 3.8) is 0 Å². The summed E-state index contributed by atoms with van der Waals surface area (Å²) in [5, 5.41) is 0. The number of rotatable bonds is 9. The van der Waals surface area contributed by atoms with Gasteiger partial charge in [0.2, 0.25) is 0 Å². The number of hydrogen-bond donors (Lipinski definition) is 0. The number of hydrogen-bond acceptors (Lipinski definition) is 1. The zero-order valence-corrected chi connectivity index (χ0v) is 13.9. The summed E-state index contributed by atoms with van der Waals surface area (Å²) < 4.78 is 0. The molecule has 21 heavy (non-hydrogen) atoms. The Morgan fingerprint density at radius 1 is 0.810 bits per heavy atom. The lowest BCUT2D eigenvalue weighted by Gasteiger charge is -2.27. The molecule has 0 aromatic heterocycles. The Morgan fingerprint density at radius 3 is 2.24 bits per heavy atom. The summed E-state index contributed by atoms with van der Waals surface area (Å²) in [4.78, 5) is 2.64. The first-order valence-corrected chi connectivity index (χ1v) is 9.19. The van der Waals surface area contributed by atoms with Crippen LogP contribution in [0.25, 0.3) is 0 Å². The van der Waals surface area contributed by atoms with Gasteiger partial charge in [-0.3, -0.25) is 4.90 Å². The maximum Gasteiger partial charge on any atom is 0.0236 e. The lowest BCUT2D eigenvalue weighted by molar-refractivity contribution is 0.220. The van der Waals surface area contributed by atoms with E-state index >= 15 is 0 Å². The second kappa shape index (κ2) is 10.00. The Bertz CT molecular complexity index is 379. The van der Waals surface area contributed by atoms with E-state index in [9.17, 15) is 0 Å². The van der Waals surface area contributed by atoms with Crippen LogP contribution in [0.5, 0.6) is 0 Å². The molecule has 0 atom stereocenters. The summed E-state index contributed by atoms with van der Waals surface area (Å²) in [6, 6.07) is 9.13. The highest BCUT2D eigenvalue weighted by atomic mass is 15.1. The van der Waals surface area contributed by atoms with Gasteiger partial charge in [-0.25, -0.2) is 0 Å². The van der Waals surface area contributed by atoms with Crippen molar-refractivity contribution in [1.29, 1.82) is 0 Å². The van der Waals surface area contributed by atoms with Crippen molar-refractivity contribution in [3.05, 3.63) is 35.4 Å². The minimum atomic E-state index is 1.17. The van der Waals surface area contributed by atoms with Gasteiger partial charge in [-0.15, -0.1) is 0 Å². The van der Waals surface area contributed by atoms with Gasteiger partial charge in [0.1, 0.15) is 0 Å². The molecule has 1 aliphatic rings. The maximum atomic E-state index is 2.64. The number of benzene rings is 1. The highest BCUT2D eigenvalue weighted by molar-refractivity contribution is 5.27. The molecule has 1 nitrogen and oxygen atoms in total. The third kappa shape index (κ3) is 6.22. The third-order valence-electron chi connectivity index (χ3n) is 4.76. The van der Waals surface area contributed by atoms with Gasteiger partial charge in [-0.2, -0.15) is 0 Å².